The van der Waals surface area contributed by atoms with E-state index in [1.807, 2.05) is 6.08 Å². The molecule has 0 radical (unpaired) electrons. The fraction of sp³-hybridized carbons (Fsp3) is 0.780. The lowest BCUT2D eigenvalue weighted by Gasteiger charge is -2.19. The van der Waals surface area contributed by atoms with Gasteiger partial charge in [-0.2, -0.15) is 0 Å². The second kappa shape index (κ2) is 38.5. The maximum Gasteiger partial charge on any atom is 0.472 e. The predicted molar refractivity (Wildman–Crippen MR) is 210 cm³/mol. The quantitative estimate of drug-likeness (QED) is 0.0212. The minimum atomic E-state index is -4.30. The number of rotatable bonds is 38. The topological polar surface area (TPSA) is 117 Å². The van der Waals surface area contributed by atoms with Gasteiger partial charge in [-0.1, -0.05) is 147 Å². The average Bonchev–Trinajstić information content (AvgIpc) is 3.10. The Labute approximate surface area is 307 Å². The molecule has 0 aliphatic carbocycles. The van der Waals surface area contributed by atoms with Crippen LogP contribution < -0.4 is 5.73 Å². The summed E-state index contributed by atoms with van der Waals surface area (Å²) in [6.45, 7) is 4.16. The van der Waals surface area contributed by atoms with Gasteiger partial charge in [-0.05, 0) is 63.9 Å². The van der Waals surface area contributed by atoms with E-state index in [1.54, 1.807) is 6.26 Å². The van der Waals surface area contributed by atoms with Crippen molar-refractivity contribution >= 4 is 13.8 Å². The maximum atomic E-state index is 12.5. The van der Waals surface area contributed by atoms with Crippen molar-refractivity contribution in [3.63, 3.8) is 0 Å². The highest BCUT2D eigenvalue weighted by Crippen LogP contribution is 2.43. The first-order valence-electron chi connectivity index (χ1n) is 20.2. The zero-order valence-corrected chi connectivity index (χ0v) is 33.0. The molecule has 1 unspecified atom stereocenters. The molecule has 0 aromatic carbocycles. The van der Waals surface area contributed by atoms with Crippen LogP contribution in [0.1, 0.15) is 174 Å². The second-order valence-electron chi connectivity index (χ2n) is 13.2. The number of carbonyl (C=O) groups is 1. The Balaban J connectivity index is 4.19. The van der Waals surface area contributed by atoms with Gasteiger partial charge in [0.05, 0.1) is 19.5 Å². The molecule has 0 heterocycles. The molecule has 8 nitrogen and oxygen atoms in total. The smallest absolute Gasteiger partial charge is 0.472 e. The van der Waals surface area contributed by atoms with E-state index in [0.717, 1.165) is 38.5 Å². The van der Waals surface area contributed by atoms with Gasteiger partial charge in [-0.15, -0.1) is 0 Å². The van der Waals surface area contributed by atoms with Crippen molar-refractivity contribution in [2.45, 2.75) is 180 Å². The first-order chi connectivity index (χ1) is 24.4. The van der Waals surface area contributed by atoms with Crippen LogP contribution in [0, 0.1) is 0 Å². The molecule has 0 aromatic heterocycles. The van der Waals surface area contributed by atoms with Crippen molar-refractivity contribution in [3.8, 4) is 0 Å². The fourth-order valence-electron chi connectivity index (χ4n) is 5.32. The molecule has 0 fully saturated rings. The molecule has 0 aliphatic heterocycles. The largest absolute Gasteiger partial charge is 0.498 e. The number of unbranched alkanes of at least 4 members (excludes halogenated alkanes) is 19. The van der Waals surface area contributed by atoms with Gasteiger partial charge >= 0.3 is 13.8 Å². The monoisotopic (exact) mass is 726 g/mol. The molecule has 0 spiro atoms. The van der Waals surface area contributed by atoms with E-state index in [2.05, 4.69) is 50.3 Å². The molecule has 292 valence electrons. The number of phosphoric ester groups is 1. The van der Waals surface area contributed by atoms with E-state index in [9.17, 15) is 14.3 Å². The van der Waals surface area contributed by atoms with Crippen LogP contribution in [0.2, 0.25) is 0 Å². The van der Waals surface area contributed by atoms with Crippen molar-refractivity contribution in [3.05, 3.63) is 48.8 Å². The SMILES string of the molecule is CCCCC/C=C\C/C=C\C/C=C\CCCCC(=O)O[C@H](CO/C=C\CCCCCCCCCCCCCCCC)COP(=O)(O)OCCN. The first kappa shape index (κ1) is 48.3. The third-order valence-corrected chi connectivity index (χ3v) is 9.30. The number of esters is 1. The van der Waals surface area contributed by atoms with Crippen LogP contribution in [-0.4, -0.2) is 43.3 Å². The number of phosphoric acid groups is 1. The summed E-state index contributed by atoms with van der Waals surface area (Å²) < 4.78 is 33.1. The number of carbonyl (C=O) groups excluding carboxylic acids is 1. The highest BCUT2D eigenvalue weighted by molar-refractivity contribution is 7.47. The van der Waals surface area contributed by atoms with Crippen LogP contribution in [-0.2, 0) is 27.9 Å². The Morgan fingerprint density at radius 3 is 1.64 bits per heavy atom. The van der Waals surface area contributed by atoms with Crippen molar-refractivity contribution in [1.82, 2.24) is 0 Å². The summed E-state index contributed by atoms with van der Waals surface area (Å²) in [7, 11) is -4.30. The molecule has 0 rings (SSSR count). The zero-order valence-electron chi connectivity index (χ0n) is 32.1. The lowest BCUT2D eigenvalue weighted by Crippen LogP contribution is -2.27. The maximum absolute atomic E-state index is 12.5. The molecule has 0 saturated heterocycles. The van der Waals surface area contributed by atoms with Gasteiger partial charge in [0.15, 0.2) is 6.10 Å². The van der Waals surface area contributed by atoms with Gasteiger partial charge in [0.2, 0.25) is 0 Å². The molecular formula is C41H76NO7P. The lowest BCUT2D eigenvalue weighted by molar-refractivity contribution is -0.153. The molecule has 0 saturated carbocycles. The van der Waals surface area contributed by atoms with Crippen LogP contribution in [0.3, 0.4) is 0 Å². The van der Waals surface area contributed by atoms with Gasteiger partial charge in [-0.25, -0.2) is 4.57 Å². The first-order valence-corrected chi connectivity index (χ1v) is 21.7. The Morgan fingerprint density at radius 2 is 1.08 bits per heavy atom. The third-order valence-electron chi connectivity index (χ3n) is 8.31. The minimum absolute atomic E-state index is 0.0166. The third kappa shape index (κ3) is 37.6. The van der Waals surface area contributed by atoms with Gasteiger partial charge in [0, 0.05) is 13.0 Å². The van der Waals surface area contributed by atoms with E-state index < -0.39 is 13.9 Å². The summed E-state index contributed by atoms with van der Waals surface area (Å²) in [5.41, 5.74) is 5.35. The average molecular weight is 726 g/mol. The molecule has 0 aromatic rings. The number of hydrogen-bond acceptors (Lipinski definition) is 7. The summed E-state index contributed by atoms with van der Waals surface area (Å²) in [5, 5.41) is 0. The summed E-state index contributed by atoms with van der Waals surface area (Å²) >= 11 is 0. The normalized spacial score (nSPS) is 14.0. The van der Waals surface area contributed by atoms with Crippen molar-refractivity contribution in [2.24, 2.45) is 5.73 Å². The molecular weight excluding hydrogens is 649 g/mol. The lowest BCUT2D eigenvalue weighted by atomic mass is 10.0. The van der Waals surface area contributed by atoms with E-state index in [1.165, 1.54) is 109 Å². The van der Waals surface area contributed by atoms with E-state index >= 15 is 0 Å². The van der Waals surface area contributed by atoms with Crippen LogP contribution in [0.15, 0.2) is 48.8 Å². The molecule has 50 heavy (non-hydrogen) atoms. The molecule has 0 bridgehead atoms. The van der Waals surface area contributed by atoms with Crippen molar-refractivity contribution in [2.75, 3.05) is 26.4 Å². The molecule has 0 amide bonds. The number of hydrogen-bond donors (Lipinski definition) is 2. The summed E-state index contributed by atoms with van der Waals surface area (Å²) in [6, 6.07) is 0. The molecule has 0 aliphatic rings. The summed E-state index contributed by atoms with van der Waals surface area (Å²) in [4.78, 5) is 22.4. The predicted octanol–water partition coefficient (Wildman–Crippen LogP) is 12.0. The van der Waals surface area contributed by atoms with E-state index in [4.69, 9.17) is 24.3 Å². The Morgan fingerprint density at radius 1 is 0.620 bits per heavy atom. The van der Waals surface area contributed by atoms with E-state index in [0.29, 0.717) is 6.42 Å². The minimum Gasteiger partial charge on any atom is -0.498 e. The standard InChI is InChI=1S/C41H76NO7P/c1-3-5-7-9-11-13-15-17-19-21-23-25-27-29-31-33-36-46-38-40(39-48-50(44,45)47-37-35-42)49-41(43)34-32-30-28-26-24-22-20-18-16-14-12-10-8-6-4-2/h12,14,18,20,24,26,33,36,40H,3-11,13,15-17,19,21-23,25,27-32,34-35,37-39,42H2,1-2H3,(H,44,45)/b14-12-,20-18-,26-24-,36-33-/t40-/m1/s1. The molecule has 3 N–H and O–H groups in total. The number of ether oxygens (including phenoxy) is 2. The van der Waals surface area contributed by atoms with Gasteiger partial charge in [0.25, 0.3) is 0 Å². The second-order valence-corrected chi connectivity index (χ2v) is 14.7. The Bertz CT molecular complexity index is 905. The highest BCUT2D eigenvalue weighted by atomic mass is 31.2. The summed E-state index contributed by atoms with van der Waals surface area (Å²) in [6.07, 6.45) is 45.1. The summed E-state index contributed by atoms with van der Waals surface area (Å²) in [5.74, 6) is -0.390. The van der Waals surface area contributed by atoms with Crippen LogP contribution >= 0.6 is 7.82 Å². The number of nitrogens with two attached hydrogens (primary N) is 1. The molecule has 9 heteroatoms. The fourth-order valence-corrected chi connectivity index (χ4v) is 6.09. The Hall–Kier alpha value is -1.70. The van der Waals surface area contributed by atoms with Crippen LogP contribution in [0.4, 0.5) is 0 Å². The van der Waals surface area contributed by atoms with Crippen molar-refractivity contribution < 1.29 is 32.8 Å². The van der Waals surface area contributed by atoms with Gasteiger partial charge in [-0.3, -0.25) is 13.8 Å². The number of allylic oxidation sites excluding steroid dienone is 7. The Kier molecular flexibility index (Phi) is 37.2. The van der Waals surface area contributed by atoms with E-state index in [-0.39, 0.29) is 38.8 Å². The molecule has 2 atom stereocenters. The highest BCUT2D eigenvalue weighted by Gasteiger charge is 2.25. The van der Waals surface area contributed by atoms with Gasteiger partial charge < -0.3 is 20.1 Å². The van der Waals surface area contributed by atoms with Crippen molar-refractivity contribution in [1.29, 1.82) is 0 Å². The zero-order chi connectivity index (χ0) is 36.6. The van der Waals surface area contributed by atoms with Gasteiger partial charge in [0.1, 0.15) is 6.61 Å². The van der Waals surface area contributed by atoms with Crippen LogP contribution in [0.25, 0.3) is 0 Å². The van der Waals surface area contributed by atoms with Crippen LogP contribution in [0.5, 0.6) is 0 Å².